The molecule has 0 unspecified atom stereocenters. The van der Waals surface area contributed by atoms with E-state index in [1.165, 1.54) is 0 Å². The first-order valence-corrected chi connectivity index (χ1v) is 6.39. The number of nitrogens with zero attached hydrogens (tertiary/aromatic N) is 1. The molecule has 3 N–H and O–H groups in total. The van der Waals surface area contributed by atoms with Gasteiger partial charge in [-0.2, -0.15) is 0 Å². The zero-order valence-electron chi connectivity index (χ0n) is 9.40. The smallest absolute Gasteiger partial charge is 0.106 e. The van der Waals surface area contributed by atoms with Gasteiger partial charge in [0.2, 0.25) is 0 Å². The van der Waals surface area contributed by atoms with Gasteiger partial charge < -0.3 is 15.7 Å². The SMILES string of the molecule is NC(=S)c1ccc(Cl)cc1N1CCC(O)CC1. The number of hydrogen-bond donors (Lipinski definition) is 2. The number of nitrogens with two attached hydrogens (primary N) is 1. The second-order valence-electron chi connectivity index (χ2n) is 4.24. The molecular formula is C12H15ClN2OS. The van der Waals surface area contributed by atoms with Gasteiger partial charge in [0.05, 0.1) is 6.10 Å². The van der Waals surface area contributed by atoms with Crippen molar-refractivity contribution in [1.29, 1.82) is 0 Å². The lowest BCUT2D eigenvalue weighted by Crippen LogP contribution is -2.36. The van der Waals surface area contributed by atoms with E-state index in [0.29, 0.717) is 10.0 Å². The molecule has 2 rings (SSSR count). The first-order valence-electron chi connectivity index (χ1n) is 5.60. The number of thiocarbonyl (C=S) groups is 1. The van der Waals surface area contributed by atoms with Crippen LogP contribution in [0.15, 0.2) is 18.2 Å². The number of hydrogen-bond acceptors (Lipinski definition) is 3. The first-order chi connectivity index (χ1) is 8.08. The van der Waals surface area contributed by atoms with Crippen molar-refractivity contribution < 1.29 is 5.11 Å². The molecule has 1 saturated heterocycles. The van der Waals surface area contributed by atoms with E-state index in [4.69, 9.17) is 29.6 Å². The van der Waals surface area contributed by atoms with Crippen molar-refractivity contribution in [2.75, 3.05) is 18.0 Å². The zero-order valence-corrected chi connectivity index (χ0v) is 11.0. The Bertz CT molecular complexity index is 431. The molecule has 3 nitrogen and oxygen atoms in total. The Kier molecular flexibility index (Phi) is 3.86. The third-order valence-electron chi connectivity index (χ3n) is 3.03. The van der Waals surface area contributed by atoms with Crippen LogP contribution in [0.2, 0.25) is 5.02 Å². The van der Waals surface area contributed by atoms with Crippen molar-refractivity contribution in [2.24, 2.45) is 5.73 Å². The highest BCUT2D eigenvalue weighted by Crippen LogP contribution is 2.27. The topological polar surface area (TPSA) is 49.5 Å². The summed E-state index contributed by atoms with van der Waals surface area (Å²) in [6, 6.07) is 5.52. The van der Waals surface area contributed by atoms with Crippen molar-refractivity contribution in [3.05, 3.63) is 28.8 Å². The van der Waals surface area contributed by atoms with Gasteiger partial charge in [0.25, 0.3) is 0 Å². The Labute approximate surface area is 111 Å². The lowest BCUT2D eigenvalue weighted by atomic mass is 10.1. The van der Waals surface area contributed by atoms with Gasteiger partial charge in [-0.05, 0) is 31.0 Å². The summed E-state index contributed by atoms with van der Waals surface area (Å²) in [5.41, 5.74) is 7.53. The maximum absolute atomic E-state index is 9.50. The molecule has 0 radical (unpaired) electrons. The molecule has 0 atom stereocenters. The van der Waals surface area contributed by atoms with Crippen LogP contribution in [0.1, 0.15) is 18.4 Å². The molecule has 1 aliphatic rings. The third-order valence-corrected chi connectivity index (χ3v) is 3.49. The lowest BCUT2D eigenvalue weighted by molar-refractivity contribution is 0.145. The lowest BCUT2D eigenvalue weighted by Gasteiger charge is -2.32. The molecule has 0 spiro atoms. The largest absolute Gasteiger partial charge is 0.393 e. The van der Waals surface area contributed by atoms with E-state index in [-0.39, 0.29) is 6.10 Å². The van der Waals surface area contributed by atoms with E-state index in [1.807, 2.05) is 12.1 Å². The second kappa shape index (κ2) is 5.21. The molecule has 0 aromatic heterocycles. The number of rotatable bonds is 2. The molecule has 1 aromatic carbocycles. The van der Waals surface area contributed by atoms with Crippen LogP contribution < -0.4 is 10.6 Å². The minimum Gasteiger partial charge on any atom is -0.393 e. The fourth-order valence-electron chi connectivity index (χ4n) is 2.08. The quantitative estimate of drug-likeness (QED) is 0.807. The summed E-state index contributed by atoms with van der Waals surface area (Å²) in [6.45, 7) is 1.61. The van der Waals surface area contributed by atoms with Gasteiger partial charge in [0, 0.05) is 29.4 Å². The zero-order chi connectivity index (χ0) is 12.4. The predicted molar refractivity (Wildman–Crippen MR) is 74.8 cm³/mol. The van der Waals surface area contributed by atoms with E-state index >= 15 is 0 Å². The maximum Gasteiger partial charge on any atom is 0.106 e. The van der Waals surface area contributed by atoms with Crippen LogP contribution in [0, 0.1) is 0 Å². The minimum absolute atomic E-state index is 0.196. The van der Waals surface area contributed by atoms with Crippen LogP contribution in [-0.2, 0) is 0 Å². The van der Waals surface area contributed by atoms with Crippen LogP contribution in [-0.4, -0.2) is 29.3 Å². The van der Waals surface area contributed by atoms with Gasteiger partial charge in [0.1, 0.15) is 4.99 Å². The first kappa shape index (κ1) is 12.6. The summed E-state index contributed by atoms with van der Waals surface area (Å²) in [6.07, 6.45) is 1.34. The maximum atomic E-state index is 9.50. The van der Waals surface area contributed by atoms with Crippen molar-refractivity contribution in [2.45, 2.75) is 18.9 Å². The van der Waals surface area contributed by atoms with Gasteiger partial charge in [-0.15, -0.1) is 0 Å². The average Bonchev–Trinajstić information content (AvgIpc) is 2.29. The van der Waals surface area contributed by atoms with Crippen molar-refractivity contribution >= 4 is 34.5 Å². The summed E-state index contributed by atoms with van der Waals surface area (Å²) in [5, 5.41) is 10.2. The molecule has 1 aromatic rings. The molecule has 0 bridgehead atoms. The van der Waals surface area contributed by atoms with E-state index in [1.54, 1.807) is 6.07 Å². The highest BCUT2D eigenvalue weighted by Gasteiger charge is 2.20. The number of aliphatic hydroxyl groups is 1. The highest BCUT2D eigenvalue weighted by molar-refractivity contribution is 7.80. The molecule has 1 fully saturated rings. The van der Waals surface area contributed by atoms with E-state index in [9.17, 15) is 5.11 Å². The number of aliphatic hydroxyl groups excluding tert-OH is 1. The Hall–Kier alpha value is -0.840. The van der Waals surface area contributed by atoms with Crippen molar-refractivity contribution in [3.8, 4) is 0 Å². The van der Waals surface area contributed by atoms with Gasteiger partial charge >= 0.3 is 0 Å². The number of benzene rings is 1. The van der Waals surface area contributed by atoms with Crippen LogP contribution in [0.3, 0.4) is 0 Å². The van der Waals surface area contributed by atoms with Gasteiger partial charge in [-0.3, -0.25) is 0 Å². The fraction of sp³-hybridized carbons (Fsp3) is 0.417. The van der Waals surface area contributed by atoms with Gasteiger partial charge in [0.15, 0.2) is 0 Å². The average molecular weight is 271 g/mol. The monoisotopic (exact) mass is 270 g/mol. The van der Waals surface area contributed by atoms with Crippen molar-refractivity contribution in [3.63, 3.8) is 0 Å². The van der Waals surface area contributed by atoms with Gasteiger partial charge in [-0.1, -0.05) is 23.8 Å². The van der Waals surface area contributed by atoms with Gasteiger partial charge in [-0.25, -0.2) is 0 Å². The Morgan fingerprint density at radius 3 is 2.65 bits per heavy atom. The van der Waals surface area contributed by atoms with Crippen LogP contribution in [0.5, 0.6) is 0 Å². The van der Waals surface area contributed by atoms with Crippen LogP contribution >= 0.6 is 23.8 Å². The Morgan fingerprint density at radius 2 is 2.06 bits per heavy atom. The standard InChI is InChI=1S/C12H15ClN2OS/c13-8-1-2-10(12(14)17)11(7-8)15-5-3-9(16)4-6-15/h1-2,7,9,16H,3-6H2,(H2,14,17). The van der Waals surface area contributed by atoms with E-state index in [0.717, 1.165) is 37.2 Å². The molecule has 92 valence electrons. The molecule has 5 heteroatoms. The molecule has 0 saturated carbocycles. The molecule has 17 heavy (non-hydrogen) atoms. The van der Waals surface area contributed by atoms with E-state index < -0.39 is 0 Å². The summed E-state index contributed by atoms with van der Waals surface area (Å²) in [7, 11) is 0. The number of piperidine rings is 1. The third kappa shape index (κ3) is 2.89. The number of halogens is 1. The minimum atomic E-state index is -0.196. The molecule has 0 aliphatic carbocycles. The molecule has 1 aliphatic heterocycles. The normalized spacial score (nSPS) is 17.2. The summed E-state index contributed by atoms with van der Waals surface area (Å²) >= 11 is 11.1. The van der Waals surface area contributed by atoms with Crippen LogP contribution in [0.25, 0.3) is 0 Å². The second-order valence-corrected chi connectivity index (χ2v) is 5.12. The summed E-state index contributed by atoms with van der Waals surface area (Å²) < 4.78 is 0. The highest BCUT2D eigenvalue weighted by atomic mass is 35.5. The summed E-state index contributed by atoms with van der Waals surface area (Å²) in [5.74, 6) is 0. The predicted octanol–water partition coefficient (Wildman–Crippen LogP) is 1.94. The molecule has 0 amide bonds. The van der Waals surface area contributed by atoms with Crippen LogP contribution in [0.4, 0.5) is 5.69 Å². The fourth-order valence-corrected chi connectivity index (χ4v) is 2.42. The van der Waals surface area contributed by atoms with E-state index in [2.05, 4.69) is 4.90 Å². The summed E-state index contributed by atoms with van der Waals surface area (Å²) in [4.78, 5) is 2.55. The molecule has 1 heterocycles. The molecular weight excluding hydrogens is 256 g/mol. The Balaban J connectivity index is 2.30. The number of anilines is 1. The Morgan fingerprint density at radius 1 is 1.41 bits per heavy atom. The van der Waals surface area contributed by atoms with Crippen molar-refractivity contribution in [1.82, 2.24) is 0 Å².